The quantitative estimate of drug-likeness (QED) is 0.652. The highest BCUT2D eigenvalue weighted by Crippen LogP contribution is 2.23. The first kappa shape index (κ1) is 17.3. The fourth-order valence-electron chi connectivity index (χ4n) is 3.11. The van der Waals surface area contributed by atoms with E-state index >= 15 is 0 Å². The minimum atomic E-state index is -0.229. The lowest BCUT2D eigenvalue weighted by Crippen LogP contribution is -2.25. The highest BCUT2D eigenvalue weighted by atomic mass is 16.2. The molecule has 4 N–H and O–H groups in total. The predicted molar refractivity (Wildman–Crippen MR) is 106 cm³/mol. The molecular weight excluding hydrogens is 340 g/mol. The van der Waals surface area contributed by atoms with Crippen LogP contribution in [0.25, 0.3) is 10.9 Å². The van der Waals surface area contributed by atoms with Gasteiger partial charge in [-0.05, 0) is 54.1 Å². The molecule has 2 aromatic carbocycles. The summed E-state index contributed by atoms with van der Waals surface area (Å²) >= 11 is 0. The fraction of sp³-hybridized carbons (Fsp3) is 0.238. The number of benzene rings is 2. The Labute approximate surface area is 157 Å². The Morgan fingerprint density at radius 2 is 1.81 bits per heavy atom. The maximum Gasteiger partial charge on any atom is 0.255 e. The average Bonchev–Trinajstić information content (AvgIpc) is 3.42. The number of nitrogens with one attached hydrogen (secondary N) is 2. The van der Waals surface area contributed by atoms with E-state index < -0.39 is 0 Å². The first-order chi connectivity index (χ1) is 13.0. The van der Waals surface area contributed by atoms with Gasteiger partial charge in [0.25, 0.3) is 11.8 Å². The number of amides is 2. The molecule has 0 atom stereocenters. The van der Waals surface area contributed by atoms with Crippen molar-refractivity contribution in [3.8, 4) is 0 Å². The van der Waals surface area contributed by atoms with Crippen LogP contribution in [-0.2, 0) is 13.6 Å². The van der Waals surface area contributed by atoms with E-state index in [1.165, 1.54) is 0 Å². The molecule has 4 rings (SSSR count). The van der Waals surface area contributed by atoms with E-state index in [0.717, 1.165) is 29.3 Å². The third-order valence-electron chi connectivity index (χ3n) is 4.90. The van der Waals surface area contributed by atoms with E-state index in [9.17, 15) is 9.59 Å². The summed E-state index contributed by atoms with van der Waals surface area (Å²) in [5.41, 5.74) is 9.22. The number of nitrogens with zero attached hydrogens (tertiary/aromatic N) is 1. The van der Waals surface area contributed by atoms with Crippen LogP contribution < -0.4 is 16.4 Å². The molecule has 1 heterocycles. The highest BCUT2D eigenvalue weighted by Gasteiger charge is 2.24. The van der Waals surface area contributed by atoms with E-state index in [0.29, 0.717) is 16.8 Å². The molecule has 3 aromatic rings. The third kappa shape index (κ3) is 3.57. The number of anilines is 1. The lowest BCUT2D eigenvalue weighted by atomic mass is 10.1. The van der Waals surface area contributed by atoms with E-state index in [-0.39, 0.29) is 24.4 Å². The zero-order valence-corrected chi connectivity index (χ0v) is 15.2. The van der Waals surface area contributed by atoms with E-state index in [1.807, 2.05) is 36.0 Å². The molecular formula is C21H22N4O2. The molecule has 6 heteroatoms. The molecule has 1 aliphatic rings. The largest absolute Gasteiger partial charge is 0.351 e. The summed E-state index contributed by atoms with van der Waals surface area (Å²) in [6.45, 7) is 0.275. The van der Waals surface area contributed by atoms with Crippen LogP contribution in [0.2, 0.25) is 0 Å². The van der Waals surface area contributed by atoms with Gasteiger partial charge in [-0.15, -0.1) is 0 Å². The summed E-state index contributed by atoms with van der Waals surface area (Å²) in [4.78, 5) is 25.1. The summed E-state index contributed by atoms with van der Waals surface area (Å²) < 4.78 is 1.97. The number of rotatable bonds is 5. The van der Waals surface area contributed by atoms with E-state index in [4.69, 9.17) is 5.73 Å². The molecule has 1 aliphatic carbocycles. The zero-order valence-electron chi connectivity index (χ0n) is 15.2. The van der Waals surface area contributed by atoms with Crippen molar-refractivity contribution in [2.75, 3.05) is 5.32 Å². The summed E-state index contributed by atoms with van der Waals surface area (Å²) in [5, 5.41) is 6.95. The number of nitrogens with two attached hydrogens (primary N) is 1. The molecule has 27 heavy (non-hydrogen) atoms. The van der Waals surface area contributed by atoms with Crippen LogP contribution in [-0.4, -0.2) is 22.4 Å². The summed E-state index contributed by atoms with van der Waals surface area (Å²) in [6, 6.07) is 13.1. The van der Waals surface area contributed by atoms with Crippen molar-refractivity contribution in [3.63, 3.8) is 0 Å². The van der Waals surface area contributed by atoms with Crippen molar-refractivity contribution in [3.05, 3.63) is 65.4 Å². The van der Waals surface area contributed by atoms with Crippen LogP contribution in [0.4, 0.5) is 5.69 Å². The molecule has 0 radical (unpaired) electrons. The van der Waals surface area contributed by atoms with Gasteiger partial charge in [0, 0.05) is 48.2 Å². The van der Waals surface area contributed by atoms with Gasteiger partial charge in [-0.1, -0.05) is 12.1 Å². The topological polar surface area (TPSA) is 89.2 Å². The van der Waals surface area contributed by atoms with Gasteiger partial charge in [0.1, 0.15) is 0 Å². The molecule has 2 amide bonds. The maximum atomic E-state index is 12.8. The van der Waals surface area contributed by atoms with Gasteiger partial charge in [0.05, 0.1) is 0 Å². The van der Waals surface area contributed by atoms with Crippen molar-refractivity contribution in [1.82, 2.24) is 9.88 Å². The SMILES string of the molecule is Cn1ccc2ccc(C(=O)Nc3cc(C(=O)NC4CC4)ccc3CN)cc21. The molecule has 1 aromatic heterocycles. The van der Waals surface area contributed by atoms with Gasteiger partial charge in [-0.25, -0.2) is 0 Å². The molecule has 138 valence electrons. The smallest absolute Gasteiger partial charge is 0.255 e. The van der Waals surface area contributed by atoms with Crippen molar-refractivity contribution < 1.29 is 9.59 Å². The Kier molecular flexibility index (Phi) is 4.41. The van der Waals surface area contributed by atoms with Crippen molar-refractivity contribution in [2.24, 2.45) is 12.8 Å². The first-order valence-electron chi connectivity index (χ1n) is 9.05. The van der Waals surface area contributed by atoms with Crippen LogP contribution in [0.1, 0.15) is 39.1 Å². The zero-order chi connectivity index (χ0) is 19.0. The summed E-state index contributed by atoms with van der Waals surface area (Å²) in [5.74, 6) is -0.352. The number of aromatic nitrogens is 1. The maximum absolute atomic E-state index is 12.8. The molecule has 1 fully saturated rings. The van der Waals surface area contributed by atoms with Gasteiger partial charge in [-0.2, -0.15) is 0 Å². The molecule has 6 nitrogen and oxygen atoms in total. The molecule has 0 unspecified atom stereocenters. The fourth-order valence-corrected chi connectivity index (χ4v) is 3.11. The van der Waals surface area contributed by atoms with Crippen molar-refractivity contribution in [2.45, 2.75) is 25.4 Å². The Morgan fingerprint density at radius 1 is 1.07 bits per heavy atom. The minimum absolute atomic E-state index is 0.123. The average molecular weight is 362 g/mol. The minimum Gasteiger partial charge on any atom is -0.351 e. The molecule has 0 spiro atoms. The van der Waals surface area contributed by atoms with E-state index in [2.05, 4.69) is 10.6 Å². The number of carbonyl (C=O) groups excluding carboxylic acids is 2. The first-order valence-corrected chi connectivity index (χ1v) is 9.05. The van der Waals surface area contributed by atoms with Crippen LogP contribution >= 0.6 is 0 Å². The van der Waals surface area contributed by atoms with Gasteiger partial charge >= 0.3 is 0 Å². The summed E-state index contributed by atoms with van der Waals surface area (Å²) in [6.07, 6.45) is 4.01. The van der Waals surface area contributed by atoms with Gasteiger partial charge in [0.15, 0.2) is 0 Å². The Bertz CT molecular complexity index is 1030. The standard InChI is InChI=1S/C21H22N4O2/c1-25-9-8-13-2-3-15(11-19(13)25)21(27)24-18-10-14(4-5-16(18)12-22)20(26)23-17-6-7-17/h2-5,8-11,17H,6-7,12,22H2,1H3,(H,23,26)(H,24,27). The van der Waals surface area contributed by atoms with Crippen molar-refractivity contribution in [1.29, 1.82) is 0 Å². The van der Waals surface area contributed by atoms with E-state index in [1.54, 1.807) is 24.3 Å². The summed E-state index contributed by atoms with van der Waals surface area (Å²) in [7, 11) is 1.94. The second kappa shape index (κ2) is 6.89. The number of hydrogen-bond acceptors (Lipinski definition) is 3. The Hall–Kier alpha value is -3.12. The normalized spacial score (nSPS) is 13.6. The second-order valence-corrected chi connectivity index (χ2v) is 6.98. The van der Waals surface area contributed by atoms with Crippen LogP contribution in [0, 0.1) is 0 Å². The number of aryl methyl sites for hydroxylation is 1. The number of fused-ring (bicyclic) bond motifs is 1. The highest BCUT2D eigenvalue weighted by molar-refractivity contribution is 6.07. The molecule has 1 saturated carbocycles. The van der Waals surface area contributed by atoms with Gasteiger partial charge in [0.2, 0.25) is 0 Å². The van der Waals surface area contributed by atoms with Crippen LogP contribution in [0.5, 0.6) is 0 Å². The van der Waals surface area contributed by atoms with Gasteiger partial charge in [-0.3, -0.25) is 9.59 Å². The number of carbonyl (C=O) groups is 2. The Morgan fingerprint density at radius 3 is 2.56 bits per heavy atom. The van der Waals surface area contributed by atoms with Crippen LogP contribution in [0.3, 0.4) is 0 Å². The lowest BCUT2D eigenvalue weighted by molar-refractivity contribution is 0.0949. The third-order valence-corrected chi connectivity index (χ3v) is 4.90. The second-order valence-electron chi connectivity index (χ2n) is 6.98. The Balaban J connectivity index is 1.59. The molecule has 0 aliphatic heterocycles. The lowest BCUT2D eigenvalue weighted by Gasteiger charge is -2.12. The van der Waals surface area contributed by atoms with Gasteiger partial charge < -0.3 is 20.9 Å². The monoisotopic (exact) mass is 362 g/mol. The molecule has 0 saturated heterocycles. The predicted octanol–water partition coefficient (Wildman–Crippen LogP) is 2.78. The molecule has 0 bridgehead atoms. The van der Waals surface area contributed by atoms with Crippen LogP contribution in [0.15, 0.2) is 48.7 Å². The van der Waals surface area contributed by atoms with Crippen molar-refractivity contribution >= 4 is 28.4 Å². The number of hydrogen-bond donors (Lipinski definition) is 3.